The van der Waals surface area contributed by atoms with Gasteiger partial charge in [-0.2, -0.15) is 0 Å². The number of para-hydroxylation sites is 2. The molecule has 2 N–H and O–H groups in total. The number of halogens is 2. The number of quaternary nitrogens is 1. The van der Waals surface area contributed by atoms with E-state index in [4.69, 9.17) is 0 Å². The minimum absolute atomic E-state index is 0.358. The van der Waals surface area contributed by atoms with E-state index in [1.54, 1.807) is 12.1 Å². The first kappa shape index (κ1) is 18.6. The first-order valence-corrected chi connectivity index (χ1v) is 10.0. The van der Waals surface area contributed by atoms with Crippen LogP contribution in [0.1, 0.15) is 6.92 Å². The summed E-state index contributed by atoms with van der Waals surface area (Å²) in [5.74, 6) is -1.80. The van der Waals surface area contributed by atoms with E-state index >= 15 is 0 Å². The number of hydrogen-bond donors (Lipinski definition) is 2. The second-order valence-corrected chi connectivity index (χ2v) is 7.94. The van der Waals surface area contributed by atoms with Crippen LogP contribution in [0.3, 0.4) is 0 Å². The third-order valence-corrected chi connectivity index (χ3v) is 6.02. The standard InChI is InChI=1S/C18H21F2N3O2S/c1-2-22-9-11-23(12-10-22)17-6-4-3-5-16(17)21-26(24,25)18-13-14(19)7-8-15(18)20/h3-8,13,21H,2,9-12H2,1H3/p+1. The van der Waals surface area contributed by atoms with Crippen LogP contribution in [0.5, 0.6) is 0 Å². The average molecular weight is 382 g/mol. The first-order valence-electron chi connectivity index (χ1n) is 8.56. The molecule has 0 aromatic heterocycles. The highest BCUT2D eigenvalue weighted by atomic mass is 32.2. The van der Waals surface area contributed by atoms with Crippen LogP contribution in [0.4, 0.5) is 20.2 Å². The van der Waals surface area contributed by atoms with Crippen molar-refractivity contribution in [2.24, 2.45) is 0 Å². The lowest BCUT2D eigenvalue weighted by atomic mass is 10.2. The smallest absolute Gasteiger partial charge is 0.264 e. The van der Waals surface area contributed by atoms with Crippen molar-refractivity contribution in [1.82, 2.24) is 0 Å². The summed E-state index contributed by atoms with van der Waals surface area (Å²) in [6.45, 7) is 6.74. The summed E-state index contributed by atoms with van der Waals surface area (Å²) in [6.07, 6.45) is 0. The van der Waals surface area contributed by atoms with E-state index in [0.717, 1.165) is 50.5 Å². The maximum Gasteiger partial charge on any atom is 0.264 e. The minimum atomic E-state index is -4.24. The fraction of sp³-hybridized carbons (Fsp3) is 0.333. The van der Waals surface area contributed by atoms with E-state index in [2.05, 4.69) is 16.5 Å². The molecule has 2 aromatic rings. The zero-order chi connectivity index (χ0) is 18.7. The molecule has 8 heteroatoms. The highest BCUT2D eigenvalue weighted by molar-refractivity contribution is 7.92. The molecule has 0 amide bonds. The predicted octanol–water partition coefficient (Wildman–Crippen LogP) is 1.49. The van der Waals surface area contributed by atoms with Crippen molar-refractivity contribution in [3.63, 3.8) is 0 Å². The second-order valence-electron chi connectivity index (χ2n) is 6.29. The Morgan fingerprint density at radius 3 is 2.50 bits per heavy atom. The van der Waals surface area contributed by atoms with E-state index in [0.29, 0.717) is 11.8 Å². The Morgan fingerprint density at radius 1 is 1.12 bits per heavy atom. The lowest BCUT2D eigenvalue weighted by molar-refractivity contribution is -0.898. The fourth-order valence-electron chi connectivity index (χ4n) is 3.14. The lowest BCUT2D eigenvalue weighted by Crippen LogP contribution is -3.14. The van der Waals surface area contributed by atoms with E-state index < -0.39 is 26.6 Å². The Labute approximate surface area is 152 Å². The third kappa shape index (κ3) is 3.96. The zero-order valence-corrected chi connectivity index (χ0v) is 15.3. The van der Waals surface area contributed by atoms with Crippen LogP contribution >= 0.6 is 0 Å². The van der Waals surface area contributed by atoms with Gasteiger partial charge < -0.3 is 9.80 Å². The molecule has 0 spiro atoms. The molecule has 2 aromatic carbocycles. The second kappa shape index (κ2) is 7.59. The Balaban J connectivity index is 1.88. The van der Waals surface area contributed by atoms with Gasteiger partial charge in [-0.15, -0.1) is 0 Å². The van der Waals surface area contributed by atoms with Gasteiger partial charge in [-0.3, -0.25) is 4.72 Å². The van der Waals surface area contributed by atoms with Gasteiger partial charge in [-0.1, -0.05) is 12.1 Å². The highest BCUT2D eigenvalue weighted by Crippen LogP contribution is 2.28. The van der Waals surface area contributed by atoms with Crippen LogP contribution in [0.15, 0.2) is 47.4 Å². The molecule has 1 fully saturated rings. The van der Waals surface area contributed by atoms with E-state index in [-0.39, 0.29) is 0 Å². The first-order chi connectivity index (χ1) is 12.4. The Morgan fingerprint density at radius 2 is 1.81 bits per heavy atom. The molecule has 0 atom stereocenters. The molecule has 0 aliphatic carbocycles. The number of rotatable bonds is 5. The van der Waals surface area contributed by atoms with Crippen molar-refractivity contribution >= 4 is 21.4 Å². The minimum Gasteiger partial charge on any atom is -0.359 e. The molecule has 3 rings (SSSR count). The summed E-state index contributed by atoms with van der Waals surface area (Å²) < 4.78 is 54.8. The average Bonchev–Trinajstić information content (AvgIpc) is 2.64. The van der Waals surface area contributed by atoms with Crippen LogP contribution < -0.4 is 14.5 Å². The monoisotopic (exact) mass is 382 g/mol. The number of hydrogen-bond acceptors (Lipinski definition) is 3. The van der Waals surface area contributed by atoms with Crippen LogP contribution in [-0.2, 0) is 10.0 Å². The SMILES string of the molecule is CC[NH+]1CCN(c2ccccc2NS(=O)(=O)c2cc(F)ccc2F)CC1. The maximum atomic E-state index is 13.9. The summed E-state index contributed by atoms with van der Waals surface area (Å²) in [6, 6.07) is 9.37. The van der Waals surface area contributed by atoms with Crippen LogP contribution in [0, 0.1) is 11.6 Å². The van der Waals surface area contributed by atoms with Gasteiger partial charge in [0.2, 0.25) is 0 Å². The summed E-state index contributed by atoms with van der Waals surface area (Å²) in [5, 5.41) is 0. The van der Waals surface area contributed by atoms with Crippen LogP contribution in [0.2, 0.25) is 0 Å². The molecule has 0 saturated carbocycles. The molecular formula is C18H22F2N3O2S+. The summed E-state index contributed by atoms with van der Waals surface area (Å²) in [7, 11) is -4.24. The van der Waals surface area contributed by atoms with Crippen molar-refractivity contribution in [2.45, 2.75) is 11.8 Å². The van der Waals surface area contributed by atoms with E-state index in [1.165, 1.54) is 4.90 Å². The van der Waals surface area contributed by atoms with Gasteiger partial charge in [0, 0.05) is 0 Å². The van der Waals surface area contributed by atoms with Crippen LogP contribution in [0.25, 0.3) is 0 Å². The summed E-state index contributed by atoms with van der Waals surface area (Å²) >= 11 is 0. The Kier molecular flexibility index (Phi) is 5.43. The molecule has 1 aliphatic heterocycles. The molecule has 140 valence electrons. The molecule has 0 unspecified atom stereocenters. The van der Waals surface area contributed by atoms with Gasteiger partial charge in [-0.25, -0.2) is 17.2 Å². The largest absolute Gasteiger partial charge is 0.359 e. The summed E-state index contributed by atoms with van der Waals surface area (Å²) in [5.41, 5.74) is 1.10. The number of sulfonamides is 1. The number of anilines is 2. The molecule has 0 radical (unpaired) electrons. The van der Waals surface area contributed by atoms with Gasteiger partial charge in [0.15, 0.2) is 0 Å². The predicted molar refractivity (Wildman–Crippen MR) is 97.1 cm³/mol. The fourth-order valence-corrected chi connectivity index (χ4v) is 4.30. The van der Waals surface area contributed by atoms with Gasteiger partial charge >= 0.3 is 0 Å². The van der Waals surface area contributed by atoms with Crippen molar-refractivity contribution in [3.05, 3.63) is 54.1 Å². The normalized spacial score (nSPS) is 15.9. The topological polar surface area (TPSA) is 53.9 Å². The Bertz CT molecular complexity index is 882. The molecule has 1 heterocycles. The van der Waals surface area contributed by atoms with Crippen LogP contribution in [-0.4, -0.2) is 41.1 Å². The van der Waals surface area contributed by atoms with E-state index in [1.807, 2.05) is 12.1 Å². The van der Waals surface area contributed by atoms with Crippen molar-refractivity contribution in [1.29, 1.82) is 0 Å². The zero-order valence-electron chi connectivity index (χ0n) is 14.5. The van der Waals surface area contributed by atoms with Crippen molar-refractivity contribution < 1.29 is 22.1 Å². The molecule has 1 saturated heterocycles. The van der Waals surface area contributed by atoms with Crippen molar-refractivity contribution in [2.75, 3.05) is 42.3 Å². The lowest BCUT2D eigenvalue weighted by Gasteiger charge is -2.34. The summed E-state index contributed by atoms with van der Waals surface area (Å²) in [4.78, 5) is 2.91. The molecule has 5 nitrogen and oxygen atoms in total. The van der Waals surface area contributed by atoms with Gasteiger partial charge in [0.05, 0.1) is 44.1 Å². The molecule has 0 bridgehead atoms. The number of piperazine rings is 1. The number of nitrogens with one attached hydrogen (secondary N) is 2. The quantitative estimate of drug-likeness (QED) is 0.824. The molecular weight excluding hydrogens is 360 g/mol. The molecule has 26 heavy (non-hydrogen) atoms. The van der Waals surface area contributed by atoms with Gasteiger partial charge in [-0.05, 0) is 37.3 Å². The van der Waals surface area contributed by atoms with Gasteiger partial charge in [0.25, 0.3) is 10.0 Å². The third-order valence-electron chi connectivity index (χ3n) is 4.64. The number of likely N-dealkylation sites (N-methyl/N-ethyl adjacent to an activating group) is 1. The number of benzene rings is 2. The van der Waals surface area contributed by atoms with Crippen molar-refractivity contribution in [3.8, 4) is 0 Å². The van der Waals surface area contributed by atoms with Gasteiger partial charge in [0.1, 0.15) is 16.5 Å². The number of nitrogens with zero attached hydrogens (tertiary/aromatic N) is 1. The Hall–Kier alpha value is -2.19. The molecule has 1 aliphatic rings. The maximum absolute atomic E-state index is 13.9. The van der Waals surface area contributed by atoms with E-state index in [9.17, 15) is 17.2 Å². The highest BCUT2D eigenvalue weighted by Gasteiger charge is 2.24.